The highest BCUT2D eigenvalue weighted by molar-refractivity contribution is 9.10. The predicted octanol–water partition coefficient (Wildman–Crippen LogP) is 4.67. The number of fused-ring (bicyclic) bond motifs is 1. The molecule has 18 heavy (non-hydrogen) atoms. The van der Waals surface area contributed by atoms with Crippen molar-refractivity contribution in [2.75, 3.05) is 0 Å². The second-order valence-electron chi connectivity index (χ2n) is 4.31. The fourth-order valence-corrected chi connectivity index (χ4v) is 2.79. The van der Waals surface area contributed by atoms with Crippen LogP contribution in [0.5, 0.6) is 5.88 Å². The highest BCUT2D eigenvalue weighted by Gasteiger charge is 2.22. The van der Waals surface area contributed by atoms with Gasteiger partial charge in [0.25, 0.3) is 0 Å². The number of nitrogens with zero attached hydrogens (tertiary/aromatic N) is 1. The van der Waals surface area contributed by atoms with Gasteiger partial charge in [0, 0.05) is 20.7 Å². The Labute approximate surface area is 123 Å². The summed E-state index contributed by atoms with van der Waals surface area (Å²) in [5.74, 6) is 0.761. The number of benzene rings is 1. The van der Waals surface area contributed by atoms with Crippen LogP contribution in [-0.4, -0.2) is 4.98 Å². The van der Waals surface area contributed by atoms with Crippen LogP contribution in [0.1, 0.15) is 23.7 Å². The smallest absolute Gasteiger partial charge is 0.217 e. The molecular weight excluding hydrogens is 358 g/mol. The number of aryl methyl sites for hydroxylation is 1. The van der Waals surface area contributed by atoms with Gasteiger partial charge in [-0.1, -0.05) is 28.1 Å². The Morgan fingerprint density at radius 1 is 1.11 bits per heavy atom. The molecule has 4 heteroatoms. The molecule has 0 saturated heterocycles. The molecule has 0 aliphatic carbocycles. The molecule has 1 aliphatic heterocycles. The number of hydrogen-bond acceptors (Lipinski definition) is 2. The van der Waals surface area contributed by atoms with Crippen molar-refractivity contribution >= 4 is 31.9 Å². The van der Waals surface area contributed by atoms with E-state index in [4.69, 9.17) is 4.74 Å². The maximum Gasteiger partial charge on any atom is 0.217 e. The lowest BCUT2D eigenvalue weighted by Crippen LogP contribution is -2.16. The normalized spacial score (nSPS) is 18.0. The molecule has 0 radical (unpaired) electrons. The zero-order valence-corrected chi connectivity index (χ0v) is 12.7. The molecule has 1 unspecified atom stereocenters. The number of ether oxygens (including phenoxy) is 1. The third-order valence-electron chi connectivity index (χ3n) is 3.06. The van der Waals surface area contributed by atoms with Gasteiger partial charge in [0.2, 0.25) is 5.88 Å². The highest BCUT2D eigenvalue weighted by atomic mass is 79.9. The van der Waals surface area contributed by atoms with Gasteiger partial charge in [0.05, 0.1) is 0 Å². The number of aromatic nitrogens is 1. The quantitative estimate of drug-likeness (QED) is 0.729. The highest BCUT2D eigenvalue weighted by Crippen LogP contribution is 2.34. The Bertz CT molecular complexity index is 569. The molecule has 1 aromatic carbocycles. The lowest BCUT2D eigenvalue weighted by atomic mass is 9.99. The summed E-state index contributed by atoms with van der Waals surface area (Å²) in [7, 11) is 0. The van der Waals surface area contributed by atoms with Gasteiger partial charge in [-0.2, -0.15) is 0 Å². The van der Waals surface area contributed by atoms with Crippen molar-refractivity contribution in [1.29, 1.82) is 0 Å². The maximum absolute atomic E-state index is 5.97. The molecule has 1 atom stereocenters. The van der Waals surface area contributed by atoms with Gasteiger partial charge in [0.1, 0.15) is 6.10 Å². The fraction of sp³-hybridized carbons (Fsp3) is 0.214. The van der Waals surface area contributed by atoms with E-state index < -0.39 is 0 Å². The number of pyridine rings is 1. The molecule has 0 spiro atoms. The Balaban J connectivity index is 1.86. The lowest BCUT2D eigenvalue weighted by Gasteiger charge is -2.25. The Kier molecular flexibility index (Phi) is 3.39. The Hall–Kier alpha value is -0.870. The van der Waals surface area contributed by atoms with Gasteiger partial charge in [-0.05, 0) is 52.5 Å². The molecule has 3 rings (SSSR count). The molecule has 2 aromatic rings. The van der Waals surface area contributed by atoms with E-state index in [1.807, 2.05) is 12.1 Å². The molecule has 0 amide bonds. The third kappa shape index (κ3) is 2.45. The topological polar surface area (TPSA) is 22.1 Å². The van der Waals surface area contributed by atoms with Crippen molar-refractivity contribution in [1.82, 2.24) is 4.98 Å². The van der Waals surface area contributed by atoms with E-state index in [2.05, 4.69) is 55.0 Å². The van der Waals surface area contributed by atoms with Gasteiger partial charge in [-0.25, -0.2) is 4.98 Å². The SMILES string of the molecule is Brc1ccc(C2CCc3cc(Br)cnc3O2)cc1. The summed E-state index contributed by atoms with van der Waals surface area (Å²) in [4.78, 5) is 4.33. The first kappa shape index (κ1) is 12.2. The molecule has 0 fully saturated rings. The minimum absolute atomic E-state index is 0.110. The van der Waals surface area contributed by atoms with Crippen LogP contribution in [0.25, 0.3) is 0 Å². The first-order valence-corrected chi connectivity index (χ1v) is 7.37. The zero-order valence-electron chi connectivity index (χ0n) is 9.57. The molecule has 0 bridgehead atoms. The molecule has 1 aromatic heterocycles. The largest absolute Gasteiger partial charge is 0.469 e. The summed E-state index contributed by atoms with van der Waals surface area (Å²) in [6.07, 6.45) is 3.89. The van der Waals surface area contributed by atoms with Crippen molar-refractivity contribution in [3.63, 3.8) is 0 Å². The van der Waals surface area contributed by atoms with Crippen LogP contribution in [0, 0.1) is 0 Å². The van der Waals surface area contributed by atoms with E-state index in [0.29, 0.717) is 0 Å². The minimum Gasteiger partial charge on any atom is -0.469 e. The van der Waals surface area contributed by atoms with Gasteiger partial charge < -0.3 is 4.74 Å². The van der Waals surface area contributed by atoms with Crippen LogP contribution < -0.4 is 4.74 Å². The minimum atomic E-state index is 0.110. The van der Waals surface area contributed by atoms with Gasteiger partial charge in [-0.15, -0.1) is 0 Å². The van der Waals surface area contributed by atoms with Crippen LogP contribution >= 0.6 is 31.9 Å². The predicted molar refractivity (Wildman–Crippen MR) is 77.8 cm³/mol. The monoisotopic (exact) mass is 367 g/mol. The van der Waals surface area contributed by atoms with E-state index in [1.165, 1.54) is 11.1 Å². The summed E-state index contributed by atoms with van der Waals surface area (Å²) in [6, 6.07) is 10.4. The molecule has 2 heterocycles. The summed E-state index contributed by atoms with van der Waals surface area (Å²) < 4.78 is 8.06. The third-order valence-corrected chi connectivity index (χ3v) is 4.03. The van der Waals surface area contributed by atoms with Crippen LogP contribution in [-0.2, 0) is 6.42 Å². The number of hydrogen-bond donors (Lipinski definition) is 0. The molecule has 0 N–H and O–H groups in total. The van der Waals surface area contributed by atoms with Crippen LogP contribution in [0.2, 0.25) is 0 Å². The van der Waals surface area contributed by atoms with Gasteiger partial charge in [0.15, 0.2) is 0 Å². The molecule has 1 aliphatic rings. The van der Waals surface area contributed by atoms with E-state index in [1.54, 1.807) is 6.20 Å². The van der Waals surface area contributed by atoms with Crippen LogP contribution in [0.4, 0.5) is 0 Å². The van der Waals surface area contributed by atoms with Crippen molar-refractivity contribution in [3.05, 3.63) is 56.6 Å². The lowest BCUT2D eigenvalue weighted by molar-refractivity contribution is 0.168. The molecule has 92 valence electrons. The average molecular weight is 369 g/mol. The zero-order chi connectivity index (χ0) is 12.5. The van der Waals surface area contributed by atoms with E-state index >= 15 is 0 Å². The fourth-order valence-electron chi connectivity index (χ4n) is 2.15. The van der Waals surface area contributed by atoms with Crippen LogP contribution in [0.3, 0.4) is 0 Å². The van der Waals surface area contributed by atoms with Crippen molar-refractivity contribution in [2.45, 2.75) is 18.9 Å². The molecular formula is C14H11Br2NO. The van der Waals surface area contributed by atoms with Gasteiger partial charge >= 0.3 is 0 Å². The summed E-state index contributed by atoms with van der Waals surface area (Å²) in [5, 5.41) is 0. The standard InChI is InChI=1S/C14H11Br2NO/c15-11-4-1-9(2-5-11)13-6-3-10-7-12(16)8-17-14(10)18-13/h1-2,4-5,7-8,13H,3,6H2. The maximum atomic E-state index is 5.97. The Morgan fingerprint density at radius 2 is 1.89 bits per heavy atom. The first-order valence-electron chi connectivity index (χ1n) is 5.79. The summed E-state index contributed by atoms with van der Waals surface area (Å²) >= 11 is 6.88. The van der Waals surface area contributed by atoms with E-state index in [0.717, 1.165) is 27.7 Å². The average Bonchev–Trinajstić information content (AvgIpc) is 2.39. The second-order valence-corrected chi connectivity index (χ2v) is 6.15. The number of halogens is 2. The Morgan fingerprint density at radius 3 is 2.67 bits per heavy atom. The van der Waals surface area contributed by atoms with E-state index in [9.17, 15) is 0 Å². The molecule has 0 saturated carbocycles. The van der Waals surface area contributed by atoms with E-state index in [-0.39, 0.29) is 6.10 Å². The first-order chi connectivity index (χ1) is 8.72. The van der Waals surface area contributed by atoms with Crippen molar-refractivity contribution in [2.24, 2.45) is 0 Å². The summed E-state index contributed by atoms with van der Waals surface area (Å²) in [5.41, 5.74) is 2.38. The van der Waals surface area contributed by atoms with Crippen molar-refractivity contribution < 1.29 is 4.74 Å². The number of rotatable bonds is 1. The van der Waals surface area contributed by atoms with Crippen molar-refractivity contribution in [3.8, 4) is 5.88 Å². The molecule has 2 nitrogen and oxygen atoms in total. The van der Waals surface area contributed by atoms with Crippen LogP contribution in [0.15, 0.2) is 45.5 Å². The summed E-state index contributed by atoms with van der Waals surface area (Å²) in [6.45, 7) is 0. The van der Waals surface area contributed by atoms with Gasteiger partial charge in [-0.3, -0.25) is 0 Å². The second kappa shape index (κ2) is 5.02.